The second-order valence-electron chi connectivity index (χ2n) is 7.32. The molecule has 148 valence electrons. The lowest BCUT2D eigenvalue weighted by Crippen LogP contribution is -2.47. The van der Waals surface area contributed by atoms with E-state index in [-0.39, 0.29) is 0 Å². The Hall–Kier alpha value is -2.83. The first-order chi connectivity index (χ1) is 13.8. The molecule has 1 aromatic carbocycles. The second kappa shape index (κ2) is 8.46. The van der Waals surface area contributed by atoms with Crippen LogP contribution in [0.25, 0.3) is 10.9 Å². The quantitative estimate of drug-likeness (QED) is 0.349. The zero-order valence-electron chi connectivity index (χ0n) is 16.7. The van der Waals surface area contributed by atoms with E-state index in [0.29, 0.717) is 6.04 Å². The van der Waals surface area contributed by atoms with E-state index in [9.17, 15) is 0 Å². The maximum atomic E-state index is 4.59. The first kappa shape index (κ1) is 18.5. The van der Waals surface area contributed by atoms with Crippen molar-refractivity contribution in [2.75, 3.05) is 13.6 Å². The molecule has 0 saturated carbocycles. The van der Waals surface area contributed by atoms with Crippen molar-refractivity contribution < 1.29 is 0 Å². The van der Waals surface area contributed by atoms with Crippen molar-refractivity contribution in [1.82, 2.24) is 30.4 Å². The van der Waals surface area contributed by atoms with Crippen LogP contribution in [0.4, 0.5) is 0 Å². The molecule has 3 N–H and O–H groups in total. The summed E-state index contributed by atoms with van der Waals surface area (Å²) in [7, 11) is 1.83. The smallest absolute Gasteiger partial charge is 0.191 e. The molecule has 7 heteroatoms. The van der Waals surface area contributed by atoms with Crippen LogP contribution in [0.5, 0.6) is 0 Å². The first-order valence-corrected chi connectivity index (χ1v) is 10.2. The number of rotatable bonds is 6. The summed E-state index contributed by atoms with van der Waals surface area (Å²) in [5, 5.41) is 12.9. The van der Waals surface area contributed by atoms with E-state index in [1.54, 1.807) is 0 Å². The maximum absolute atomic E-state index is 4.59. The third-order valence-electron chi connectivity index (χ3n) is 5.37. The van der Waals surface area contributed by atoms with Gasteiger partial charge in [0.25, 0.3) is 0 Å². The highest BCUT2D eigenvalue weighted by atomic mass is 15.4. The number of aromatic nitrogens is 4. The lowest BCUT2D eigenvalue weighted by atomic mass is 10.1. The SMILES string of the molecule is CCc1nc2n(n1)CC(NC(=NC)NCCCc1c[nH]c3ccccc13)CC2. The molecular weight excluding hydrogens is 350 g/mol. The summed E-state index contributed by atoms with van der Waals surface area (Å²) < 4.78 is 2.05. The van der Waals surface area contributed by atoms with Crippen LogP contribution in [-0.4, -0.2) is 45.3 Å². The molecule has 0 saturated heterocycles. The molecule has 3 heterocycles. The van der Waals surface area contributed by atoms with Crippen molar-refractivity contribution in [3.63, 3.8) is 0 Å². The van der Waals surface area contributed by atoms with Gasteiger partial charge in [0.15, 0.2) is 11.8 Å². The third-order valence-corrected chi connectivity index (χ3v) is 5.37. The van der Waals surface area contributed by atoms with E-state index in [0.717, 1.165) is 62.8 Å². The molecule has 0 aliphatic carbocycles. The molecule has 1 aliphatic heterocycles. The maximum Gasteiger partial charge on any atom is 0.191 e. The number of hydrogen-bond donors (Lipinski definition) is 3. The van der Waals surface area contributed by atoms with E-state index < -0.39 is 0 Å². The van der Waals surface area contributed by atoms with Gasteiger partial charge in [0.05, 0.1) is 6.54 Å². The van der Waals surface area contributed by atoms with Crippen molar-refractivity contribution in [1.29, 1.82) is 0 Å². The van der Waals surface area contributed by atoms with Gasteiger partial charge in [0.2, 0.25) is 0 Å². The predicted octanol–water partition coefficient (Wildman–Crippen LogP) is 2.43. The van der Waals surface area contributed by atoms with E-state index in [1.807, 2.05) is 11.7 Å². The number of fused-ring (bicyclic) bond motifs is 2. The van der Waals surface area contributed by atoms with Crippen LogP contribution in [0.3, 0.4) is 0 Å². The first-order valence-electron chi connectivity index (χ1n) is 10.2. The van der Waals surface area contributed by atoms with E-state index in [1.165, 1.54) is 16.5 Å². The van der Waals surface area contributed by atoms with Gasteiger partial charge >= 0.3 is 0 Å². The Balaban J connectivity index is 1.25. The molecule has 0 radical (unpaired) electrons. The summed E-state index contributed by atoms with van der Waals surface area (Å²) in [4.78, 5) is 12.3. The number of H-pyrrole nitrogens is 1. The van der Waals surface area contributed by atoms with Crippen LogP contribution in [-0.2, 0) is 25.8 Å². The number of benzene rings is 1. The Morgan fingerprint density at radius 3 is 3.11 bits per heavy atom. The number of nitrogens with zero attached hydrogens (tertiary/aromatic N) is 4. The highest BCUT2D eigenvalue weighted by Gasteiger charge is 2.21. The van der Waals surface area contributed by atoms with Gasteiger partial charge in [-0.3, -0.25) is 4.99 Å². The number of hydrogen-bond acceptors (Lipinski definition) is 3. The van der Waals surface area contributed by atoms with Crippen molar-refractivity contribution >= 4 is 16.9 Å². The summed E-state index contributed by atoms with van der Waals surface area (Å²) in [6, 6.07) is 8.80. The summed E-state index contributed by atoms with van der Waals surface area (Å²) in [6.45, 7) is 3.83. The van der Waals surface area contributed by atoms with Crippen LogP contribution in [0, 0.1) is 0 Å². The minimum atomic E-state index is 0.332. The fourth-order valence-corrected chi connectivity index (χ4v) is 3.84. The van der Waals surface area contributed by atoms with Crippen molar-refractivity contribution in [3.05, 3.63) is 47.7 Å². The fraction of sp³-hybridized carbons (Fsp3) is 0.476. The lowest BCUT2D eigenvalue weighted by Gasteiger charge is -2.25. The van der Waals surface area contributed by atoms with Gasteiger partial charge in [-0.2, -0.15) is 5.10 Å². The largest absolute Gasteiger partial charge is 0.361 e. The highest BCUT2D eigenvalue weighted by Crippen LogP contribution is 2.18. The molecule has 3 aromatic rings. The number of guanidine groups is 1. The van der Waals surface area contributed by atoms with Gasteiger partial charge in [-0.05, 0) is 30.9 Å². The molecule has 0 spiro atoms. The number of nitrogens with one attached hydrogen (secondary N) is 3. The molecule has 1 unspecified atom stereocenters. The molecule has 0 amide bonds. The molecule has 0 bridgehead atoms. The van der Waals surface area contributed by atoms with Crippen LogP contribution in [0.15, 0.2) is 35.5 Å². The third kappa shape index (κ3) is 4.03. The zero-order valence-corrected chi connectivity index (χ0v) is 16.7. The number of para-hydroxylation sites is 1. The molecule has 2 aromatic heterocycles. The van der Waals surface area contributed by atoms with Gasteiger partial charge in [0, 0.05) is 49.6 Å². The van der Waals surface area contributed by atoms with Crippen LogP contribution >= 0.6 is 0 Å². The Bertz CT molecular complexity index is 953. The zero-order chi connectivity index (χ0) is 19.3. The van der Waals surface area contributed by atoms with Crippen molar-refractivity contribution in [2.24, 2.45) is 4.99 Å². The Kier molecular flexibility index (Phi) is 5.60. The predicted molar refractivity (Wildman–Crippen MR) is 113 cm³/mol. The highest BCUT2D eigenvalue weighted by molar-refractivity contribution is 5.83. The molecule has 28 heavy (non-hydrogen) atoms. The van der Waals surface area contributed by atoms with Crippen molar-refractivity contribution in [3.8, 4) is 0 Å². The Labute approximate surface area is 165 Å². The van der Waals surface area contributed by atoms with Crippen molar-refractivity contribution in [2.45, 2.75) is 51.6 Å². The minimum Gasteiger partial charge on any atom is -0.361 e. The molecular formula is C21H29N7. The topological polar surface area (TPSA) is 82.9 Å². The number of aliphatic imine (C=N–C) groups is 1. The standard InChI is InChI=1S/C21H29N7/c1-3-19-26-20-11-10-16(14-28(20)27-19)25-21(22-2)23-12-6-7-15-13-24-18-9-5-4-8-17(15)18/h4-5,8-9,13,16,24H,3,6-7,10-12,14H2,1-2H3,(H2,22,23,25). The summed E-state index contributed by atoms with van der Waals surface area (Å²) in [6.07, 6.45) is 7.12. The van der Waals surface area contributed by atoms with Gasteiger partial charge in [0.1, 0.15) is 5.82 Å². The van der Waals surface area contributed by atoms with Crippen LogP contribution in [0.2, 0.25) is 0 Å². The molecule has 1 atom stereocenters. The number of aryl methyl sites for hydroxylation is 3. The minimum absolute atomic E-state index is 0.332. The van der Waals surface area contributed by atoms with E-state index in [2.05, 4.69) is 68.1 Å². The lowest BCUT2D eigenvalue weighted by molar-refractivity contribution is 0.392. The molecule has 7 nitrogen and oxygen atoms in total. The van der Waals surface area contributed by atoms with Gasteiger partial charge < -0.3 is 15.6 Å². The Morgan fingerprint density at radius 1 is 1.36 bits per heavy atom. The second-order valence-corrected chi connectivity index (χ2v) is 7.32. The average molecular weight is 380 g/mol. The van der Waals surface area contributed by atoms with Gasteiger partial charge in [-0.25, -0.2) is 9.67 Å². The van der Waals surface area contributed by atoms with Crippen LogP contribution in [0.1, 0.15) is 37.0 Å². The molecule has 0 fully saturated rings. The summed E-state index contributed by atoms with van der Waals surface area (Å²) in [5.41, 5.74) is 2.58. The van der Waals surface area contributed by atoms with Crippen LogP contribution < -0.4 is 10.6 Å². The monoisotopic (exact) mass is 379 g/mol. The van der Waals surface area contributed by atoms with E-state index >= 15 is 0 Å². The Morgan fingerprint density at radius 2 is 2.25 bits per heavy atom. The summed E-state index contributed by atoms with van der Waals surface area (Å²) in [5.74, 6) is 2.91. The molecule has 1 aliphatic rings. The van der Waals surface area contributed by atoms with Gasteiger partial charge in [-0.1, -0.05) is 25.1 Å². The summed E-state index contributed by atoms with van der Waals surface area (Å²) >= 11 is 0. The fourth-order valence-electron chi connectivity index (χ4n) is 3.84. The van der Waals surface area contributed by atoms with Gasteiger partial charge in [-0.15, -0.1) is 0 Å². The average Bonchev–Trinajstić information content (AvgIpc) is 3.33. The number of aromatic amines is 1. The molecule has 4 rings (SSSR count). The van der Waals surface area contributed by atoms with E-state index in [4.69, 9.17) is 0 Å². The normalized spacial score (nSPS) is 16.9.